The summed E-state index contributed by atoms with van der Waals surface area (Å²) in [6, 6.07) is 0. The average Bonchev–Trinajstić information content (AvgIpc) is 3.22. The highest BCUT2D eigenvalue weighted by atomic mass is 32.1. The third-order valence-corrected chi connectivity index (χ3v) is 5.15. The van der Waals surface area contributed by atoms with Crippen molar-refractivity contribution >= 4 is 23.2 Å². The van der Waals surface area contributed by atoms with Gasteiger partial charge in [0.25, 0.3) is 0 Å². The van der Waals surface area contributed by atoms with Crippen LogP contribution in [0.3, 0.4) is 0 Å². The van der Waals surface area contributed by atoms with Gasteiger partial charge >= 0.3 is 0 Å². The Bertz CT molecular complexity index is 563. The van der Waals surface area contributed by atoms with Crippen molar-refractivity contribution in [3.05, 3.63) is 15.6 Å². The molecule has 24 heavy (non-hydrogen) atoms. The summed E-state index contributed by atoms with van der Waals surface area (Å²) in [4.78, 5) is 24.4. The maximum atomic E-state index is 12.1. The molecule has 1 aliphatic heterocycles. The molecule has 0 spiro atoms. The number of amides is 1. The predicted octanol–water partition coefficient (Wildman–Crippen LogP) is 1.73. The Balaban J connectivity index is 1.81. The summed E-state index contributed by atoms with van der Waals surface area (Å²) in [7, 11) is 0. The summed E-state index contributed by atoms with van der Waals surface area (Å²) >= 11 is 1.77. The number of hydrogen-bond acceptors (Lipinski definition) is 4. The summed E-state index contributed by atoms with van der Waals surface area (Å²) in [5.74, 6) is 0.821. The maximum Gasteiger partial charge on any atom is 0.244 e. The average molecular weight is 352 g/mol. The molecule has 0 aliphatic carbocycles. The molecule has 0 radical (unpaired) electrons. The fourth-order valence-electron chi connectivity index (χ4n) is 2.77. The van der Waals surface area contributed by atoms with E-state index in [1.54, 1.807) is 11.3 Å². The van der Waals surface area contributed by atoms with Gasteiger partial charge in [-0.25, -0.2) is 9.98 Å². The van der Waals surface area contributed by atoms with Crippen molar-refractivity contribution < 1.29 is 4.79 Å². The van der Waals surface area contributed by atoms with E-state index in [4.69, 9.17) is 0 Å². The van der Waals surface area contributed by atoms with E-state index in [0.29, 0.717) is 5.96 Å². The third kappa shape index (κ3) is 5.47. The van der Waals surface area contributed by atoms with Crippen molar-refractivity contribution in [3.8, 4) is 0 Å². The molecule has 1 aromatic heterocycles. The fraction of sp³-hybridized carbons (Fsp3) is 0.706. The van der Waals surface area contributed by atoms with Crippen molar-refractivity contribution in [1.82, 2.24) is 20.5 Å². The lowest BCUT2D eigenvalue weighted by Crippen LogP contribution is -2.39. The molecule has 0 aromatic carbocycles. The van der Waals surface area contributed by atoms with Crippen LogP contribution in [0.2, 0.25) is 0 Å². The Hall–Kier alpha value is -1.63. The zero-order chi connectivity index (χ0) is 17.4. The Morgan fingerprint density at radius 2 is 2.04 bits per heavy atom. The van der Waals surface area contributed by atoms with Crippen molar-refractivity contribution in [2.75, 3.05) is 32.7 Å². The molecule has 0 bridgehead atoms. The van der Waals surface area contributed by atoms with E-state index in [-0.39, 0.29) is 12.5 Å². The molecule has 1 aliphatic rings. The summed E-state index contributed by atoms with van der Waals surface area (Å²) < 4.78 is 0. The number of aliphatic imine (C=N–C) groups is 1. The summed E-state index contributed by atoms with van der Waals surface area (Å²) in [5.41, 5.74) is 1.20. The quantitative estimate of drug-likeness (QED) is 0.580. The van der Waals surface area contributed by atoms with Crippen LogP contribution in [0.5, 0.6) is 0 Å². The second-order valence-electron chi connectivity index (χ2n) is 5.92. The lowest BCUT2D eigenvalue weighted by molar-refractivity contribution is -0.128. The molecule has 1 amide bonds. The SMILES string of the molecule is CCNC(=NCC(=O)N1CCCC1)NCCc1nc(CC)c(C)s1. The van der Waals surface area contributed by atoms with Gasteiger partial charge in [0.1, 0.15) is 6.54 Å². The van der Waals surface area contributed by atoms with Crippen LogP contribution in [0.25, 0.3) is 0 Å². The molecule has 7 heteroatoms. The second kappa shape index (κ2) is 9.61. The van der Waals surface area contributed by atoms with Crippen LogP contribution in [0, 0.1) is 6.92 Å². The first-order valence-corrected chi connectivity index (χ1v) is 9.70. The Labute approximate surface area is 148 Å². The van der Waals surface area contributed by atoms with Crippen LogP contribution in [-0.4, -0.2) is 54.5 Å². The van der Waals surface area contributed by atoms with Gasteiger partial charge in [0.05, 0.1) is 10.7 Å². The molecule has 1 fully saturated rings. The first kappa shape index (κ1) is 18.7. The van der Waals surface area contributed by atoms with Gasteiger partial charge in [-0.2, -0.15) is 0 Å². The number of hydrogen-bond donors (Lipinski definition) is 2. The first-order valence-electron chi connectivity index (χ1n) is 8.89. The van der Waals surface area contributed by atoms with Gasteiger partial charge in [-0.3, -0.25) is 4.79 Å². The first-order chi connectivity index (χ1) is 11.6. The molecule has 6 nitrogen and oxygen atoms in total. The highest BCUT2D eigenvalue weighted by molar-refractivity contribution is 7.11. The third-order valence-electron chi connectivity index (χ3n) is 4.08. The van der Waals surface area contributed by atoms with Crippen LogP contribution < -0.4 is 10.6 Å². The molecule has 0 unspecified atom stereocenters. The summed E-state index contributed by atoms with van der Waals surface area (Å²) in [6.45, 7) is 9.80. The monoisotopic (exact) mass is 351 g/mol. The Morgan fingerprint density at radius 3 is 2.67 bits per heavy atom. The highest BCUT2D eigenvalue weighted by Gasteiger charge is 2.17. The van der Waals surface area contributed by atoms with Gasteiger partial charge in [-0.05, 0) is 33.1 Å². The zero-order valence-corrected chi connectivity index (χ0v) is 15.8. The number of likely N-dealkylation sites (tertiary alicyclic amines) is 1. The highest BCUT2D eigenvalue weighted by Crippen LogP contribution is 2.17. The normalized spacial score (nSPS) is 15.0. The smallest absolute Gasteiger partial charge is 0.244 e. The lowest BCUT2D eigenvalue weighted by Gasteiger charge is -2.15. The van der Waals surface area contributed by atoms with E-state index in [9.17, 15) is 4.79 Å². The number of aryl methyl sites for hydroxylation is 2. The van der Waals surface area contributed by atoms with Gasteiger partial charge < -0.3 is 15.5 Å². The number of nitrogens with zero attached hydrogens (tertiary/aromatic N) is 3. The van der Waals surface area contributed by atoms with E-state index < -0.39 is 0 Å². The van der Waals surface area contributed by atoms with E-state index in [1.165, 1.54) is 10.6 Å². The van der Waals surface area contributed by atoms with Crippen LogP contribution in [-0.2, 0) is 17.6 Å². The van der Waals surface area contributed by atoms with Gasteiger partial charge in [-0.1, -0.05) is 6.92 Å². The van der Waals surface area contributed by atoms with E-state index >= 15 is 0 Å². The van der Waals surface area contributed by atoms with Crippen LogP contribution in [0.1, 0.15) is 42.3 Å². The molecule has 2 heterocycles. The van der Waals surface area contributed by atoms with Crippen molar-refractivity contribution in [2.24, 2.45) is 4.99 Å². The lowest BCUT2D eigenvalue weighted by atomic mass is 10.3. The molecule has 2 N–H and O–H groups in total. The van der Waals surface area contributed by atoms with Crippen molar-refractivity contribution in [2.45, 2.75) is 46.5 Å². The van der Waals surface area contributed by atoms with Crippen molar-refractivity contribution in [1.29, 1.82) is 0 Å². The van der Waals surface area contributed by atoms with Crippen LogP contribution in [0.4, 0.5) is 0 Å². The predicted molar refractivity (Wildman–Crippen MR) is 99.7 cm³/mol. The number of nitrogens with one attached hydrogen (secondary N) is 2. The summed E-state index contributed by atoms with van der Waals surface area (Å²) in [5, 5.41) is 7.64. The number of thiazole rings is 1. The van der Waals surface area contributed by atoms with E-state index in [2.05, 4.69) is 34.5 Å². The van der Waals surface area contributed by atoms with Gasteiger partial charge in [0.2, 0.25) is 5.91 Å². The molecule has 2 rings (SSSR count). The largest absolute Gasteiger partial charge is 0.357 e. The molecule has 0 atom stereocenters. The molecule has 0 saturated carbocycles. The topological polar surface area (TPSA) is 69.6 Å². The van der Waals surface area contributed by atoms with Gasteiger partial charge in [0.15, 0.2) is 5.96 Å². The minimum Gasteiger partial charge on any atom is -0.357 e. The number of carbonyl (C=O) groups excluding carboxylic acids is 1. The minimum atomic E-state index is 0.118. The molecular formula is C17H29N5OS. The van der Waals surface area contributed by atoms with E-state index in [1.807, 2.05) is 11.8 Å². The molecule has 1 aromatic rings. The minimum absolute atomic E-state index is 0.118. The molecule has 134 valence electrons. The number of guanidine groups is 1. The maximum absolute atomic E-state index is 12.1. The Kier molecular flexibility index (Phi) is 7.49. The standard InChI is InChI=1S/C17H29N5OS/c1-4-14-13(3)24-15(21-14)8-9-19-17(18-5-2)20-12-16(23)22-10-6-7-11-22/h4-12H2,1-3H3,(H2,18,19,20). The number of aromatic nitrogens is 1. The number of carbonyl (C=O) groups is 1. The molecular weight excluding hydrogens is 322 g/mol. The van der Waals surface area contributed by atoms with Crippen molar-refractivity contribution in [3.63, 3.8) is 0 Å². The van der Waals surface area contributed by atoms with Gasteiger partial charge in [-0.15, -0.1) is 11.3 Å². The zero-order valence-electron chi connectivity index (χ0n) is 15.0. The molecule has 1 saturated heterocycles. The number of rotatable bonds is 7. The Morgan fingerprint density at radius 1 is 1.29 bits per heavy atom. The van der Waals surface area contributed by atoms with Gasteiger partial charge in [0, 0.05) is 37.5 Å². The fourth-order valence-corrected chi connectivity index (χ4v) is 3.79. The van der Waals surface area contributed by atoms with Crippen LogP contribution in [0.15, 0.2) is 4.99 Å². The summed E-state index contributed by atoms with van der Waals surface area (Å²) in [6.07, 6.45) is 4.08. The van der Waals surface area contributed by atoms with E-state index in [0.717, 1.165) is 56.9 Å². The second-order valence-corrected chi connectivity index (χ2v) is 7.21. The van der Waals surface area contributed by atoms with Crippen LogP contribution >= 0.6 is 11.3 Å².